The summed E-state index contributed by atoms with van der Waals surface area (Å²) in [5.41, 5.74) is 5.56. The number of hydrogen-bond acceptors (Lipinski definition) is 5. The van der Waals surface area contributed by atoms with Crippen LogP contribution in [0.1, 0.15) is 24.4 Å². The predicted molar refractivity (Wildman–Crippen MR) is 62.9 cm³/mol. The number of carboxylic acids is 1. The fraction of sp³-hybridized carbons (Fsp3) is 0.455. The Kier molecular flexibility index (Phi) is 5.04. The van der Waals surface area contributed by atoms with E-state index in [-0.39, 0.29) is 25.2 Å². The molecule has 1 aromatic rings. The molecule has 19 heavy (non-hydrogen) atoms. The average Bonchev–Trinajstić information content (AvgIpc) is 2.69. The molecule has 0 saturated heterocycles. The van der Waals surface area contributed by atoms with Crippen LogP contribution < -0.4 is 11.1 Å². The van der Waals surface area contributed by atoms with Gasteiger partial charge in [-0.2, -0.15) is 0 Å². The lowest BCUT2D eigenvalue weighted by Gasteiger charge is -2.12. The monoisotopic (exact) mass is 269 g/mol. The second-order valence-electron chi connectivity index (χ2n) is 4.02. The first-order chi connectivity index (χ1) is 8.88. The molecular weight excluding hydrogens is 254 g/mol. The highest BCUT2D eigenvalue weighted by atomic mass is 16.4. The Balaban J connectivity index is 2.51. The lowest BCUT2D eigenvalue weighted by Crippen LogP contribution is -2.42. The molecule has 0 aliphatic heterocycles. The summed E-state index contributed by atoms with van der Waals surface area (Å²) in [4.78, 5) is 37.0. The molecule has 8 heteroatoms. The van der Waals surface area contributed by atoms with E-state index in [0.717, 1.165) is 0 Å². The third-order valence-corrected chi connectivity index (χ3v) is 2.29. The minimum atomic E-state index is -1.22. The van der Waals surface area contributed by atoms with E-state index in [9.17, 15) is 14.4 Å². The van der Waals surface area contributed by atoms with Crippen LogP contribution in [0.2, 0.25) is 0 Å². The molecule has 0 aromatic carbocycles. The Labute approximate surface area is 109 Å². The quantitative estimate of drug-likeness (QED) is 0.602. The second kappa shape index (κ2) is 6.53. The SMILES string of the molecule is Cc1coc(CC(=O)N[C@@H](CCC(N)=O)C(=O)O)n1. The number of rotatable bonds is 7. The van der Waals surface area contributed by atoms with Gasteiger partial charge in [0.1, 0.15) is 18.7 Å². The summed E-state index contributed by atoms with van der Waals surface area (Å²) >= 11 is 0. The maximum atomic E-state index is 11.6. The van der Waals surface area contributed by atoms with E-state index in [4.69, 9.17) is 15.3 Å². The molecule has 0 fully saturated rings. The number of nitrogens with one attached hydrogen (secondary N) is 1. The topological polar surface area (TPSA) is 136 Å². The van der Waals surface area contributed by atoms with Gasteiger partial charge in [-0.05, 0) is 13.3 Å². The average molecular weight is 269 g/mol. The van der Waals surface area contributed by atoms with Crippen LogP contribution in [0.4, 0.5) is 0 Å². The highest BCUT2D eigenvalue weighted by Gasteiger charge is 2.21. The molecule has 8 nitrogen and oxygen atoms in total. The molecule has 0 aliphatic carbocycles. The molecule has 4 N–H and O–H groups in total. The maximum Gasteiger partial charge on any atom is 0.326 e. The fourth-order valence-corrected chi connectivity index (χ4v) is 1.41. The summed E-state index contributed by atoms with van der Waals surface area (Å²) in [7, 11) is 0. The molecule has 1 aromatic heterocycles. The predicted octanol–water partition coefficient (Wildman–Crippen LogP) is -0.640. The van der Waals surface area contributed by atoms with Gasteiger partial charge < -0.3 is 20.6 Å². The van der Waals surface area contributed by atoms with Crippen molar-refractivity contribution in [3.8, 4) is 0 Å². The summed E-state index contributed by atoms with van der Waals surface area (Å²) in [5.74, 6) is -2.19. The molecule has 0 bridgehead atoms. The van der Waals surface area contributed by atoms with Gasteiger partial charge in [0.2, 0.25) is 17.7 Å². The van der Waals surface area contributed by atoms with Crippen molar-refractivity contribution in [3.63, 3.8) is 0 Å². The molecule has 1 atom stereocenters. The summed E-state index contributed by atoms with van der Waals surface area (Å²) in [6, 6.07) is -1.16. The van der Waals surface area contributed by atoms with E-state index < -0.39 is 23.8 Å². The molecule has 0 radical (unpaired) electrons. The maximum absolute atomic E-state index is 11.6. The van der Waals surface area contributed by atoms with Gasteiger partial charge >= 0.3 is 5.97 Å². The van der Waals surface area contributed by atoms with Crippen molar-refractivity contribution < 1.29 is 23.9 Å². The van der Waals surface area contributed by atoms with E-state index in [1.54, 1.807) is 6.92 Å². The standard InChI is InChI=1S/C11H15N3O5/c1-6-5-19-10(13-6)4-9(16)14-7(11(17)18)2-3-8(12)15/h5,7H,2-4H2,1H3,(H2,12,15)(H,14,16)(H,17,18)/t7-/m0/s1. The first-order valence-corrected chi connectivity index (χ1v) is 5.60. The highest BCUT2D eigenvalue weighted by molar-refractivity contribution is 5.85. The molecule has 0 unspecified atom stereocenters. The van der Waals surface area contributed by atoms with E-state index in [1.807, 2.05) is 0 Å². The first-order valence-electron chi connectivity index (χ1n) is 5.60. The van der Waals surface area contributed by atoms with Gasteiger partial charge in [-0.3, -0.25) is 9.59 Å². The lowest BCUT2D eigenvalue weighted by atomic mass is 10.1. The van der Waals surface area contributed by atoms with Gasteiger partial charge in [0.15, 0.2) is 0 Å². The van der Waals surface area contributed by atoms with Crippen LogP contribution in [-0.4, -0.2) is 33.9 Å². The number of carbonyl (C=O) groups is 3. The van der Waals surface area contributed by atoms with Crippen molar-refractivity contribution in [2.24, 2.45) is 5.73 Å². The number of carboxylic acid groups (broad SMARTS) is 1. The number of oxazole rings is 1. The number of nitrogens with zero attached hydrogens (tertiary/aromatic N) is 1. The van der Waals surface area contributed by atoms with Crippen LogP contribution in [0.15, 0.2) is 10.7 Å². The Bertz CT molecular complexity index is 482. The molecule has 104 valence electrons. The largest absolute Gasteiger partial charge is 0.480 e. The summed E-state index contributed by atoms with van der Waals surface area (Å²) in [6.07, 6.45) is 1.06. The van der Waals surface area contributed by atoms with Crippen LogP contribution in [0, 0.1) is 6.92 Å². The number of primary amides is 1. The molecule has 0 saturated carbocycles. The third-order valence-electron chi connectivity index (χ3n) is 2.29. The number of aryl methyl sites for hydroxylation is 1. The van der Waals surface area contributed by atoms with Crippen molar-refractivity contribution in [2.45, 2.75) is 32.2 Å². The van der Waals surface area contributed by atoms with Gasteiger partial charge in [0.25, 0.3) is 0 Å². The third kappa shape index (κ3) is 5.19. The smallest absolute Gasteiger partial charge is 0.326 e. The van der Waals surface area contributed by atoms with Crippen molar-refractivity contribution in [3.05, 3.63) is 17.8 Å². The molecule has 1 rings (SSSR count). The van der Waals surface area contributed by atoms with Crippen LogP contribution in [0.25, 0.3) is 0 Å². The summed E-state index contributed by atoms with van der Waals surface area (Å²) in [5, 5.41) is 11.2. The Morgan fingerprint density at radius 3 is 2.68 bits per heavy atom. The zero-order chi connectivity index (χ0) is 14.4. The first kappa shape index (κ1) is 14.7. The number of nitrogens with two attached hydrogens (primary N) is 1. The van der Waals surface area contributed by atoms with Crippen molar-refractivity contribution in [1.29, 1.82) is 0 Å². The number of carbonyl (C=O) groups excluding carboxylic acids is 2. The van der Waals surface area contributed by atoms with Crippen LogP contribution in [-0.2, 0) is 20.8 Å². The van der Waals surface area contributed by atoms with Gasteiger partial charge in [-0.25, -0.2) is 9.78 Å². The molecular formula is C11H15N3O5. The summed E-state index contributed by atoms with van der Waals surface area (Å²) < 4.78 is 4.98. The number of hydrogen-bond donors (Lipinski definition) is 3. The van der Waals surface area contributed by atoms with E-state index in [0.29, 0.717) is 5.69 Å². The number of aromatic nitrogens is 1. The normalized spacial score (nSPS) is 11.8. The Morgan fingerprint density at radius 2 is 2.21 bits per heavy atom. The zero-order valence-corrected chi connectivity index (χ0v) is 10.4. The second-order valence-corrected chi connectivity index (χ2v) is 4.02. The minimum absolute atomic E-state index is 0.0545. The highest BCUT2D eigenvalue weighted by Crippen LogP contribution is 2.03. The van der Waals surface area contributed by atoms with E-state index in [2.05, 4.69) is 10.3 Å². The lowest BCUT2D eigenvalue weighted by molar-refractivity contribution is -0.142. The molecule has 0 aliphatic rings. The van der Waals surface area contributed by atoms with Crippen LogP contribution in [0.5, 0.6) is 0 Å². The fourth-order valence-electron chi connectivity index (χ4n) is 1.41. The Hall–Kier alpha value is -2.38. The van der Waals surface area contributed by atoms with Gasteiger partial charge in [-0.1, -0.05) is 0 Å². The molecule has 1 heterocycles. The molecule has 2 amide bonds. The van der Waals surface area contributed by atoms with Crippen molar-refractivity contribution in [2.75, 3.05) is 0 Å². The van der Waals surface area contributed by atoms with Crippen LogP contribution >= 0.6 is 0 Å². The van der Waals surface area contributed by atoms with Crippen molar-refractivity contribution >= 4 is 17.8 Å². The number of aliphatic carboxylic acids is 1. The van der Waals surface area contributed by atoms with E-state index in [1.165, 1.54) is 6.26 Å². The van der Waals surface area contributed by atoms with E-state index >= 15 is 0 Å². The minimum Gasteiger partial charge on any atom is -0.480 e. The van der Waals surface area contributed by atoms with Crippen molar-refractivity contribution in [1.82, 2.24) is 10.3 Å². The van der Waals surface area contributed by atoms with Gasteiger partial charge in [0.05, 0.1) is 5.69 Å². The van der Waals surface area contributed by atoms with Gasteiger partial charge in [-0.15, -0.1) is 0 Å². The summed E-state index contributed by atoms with van der Waals surface area (Å²) in [6.45, 7) is 1.71. The molecule has 0 spiro atoms. The van der Waals surface area contributed by atoms with Crippen LogP contribution in [0.3, 0.4) is 0 Å². The zero-order valence-electron chi connectivity index (χ0n) is 10.4. The number of amides is 2. The Morgan fingerprint density at radius 1 is 1.53 bits per heavy atom. The van der Waals surface area contributed by atoms with Gasteiger partial charge in [0, 0.05) is 6.42 Å².